The fourth-order valence-corrected chi connectivity index (χ4v) is 4.46. The average molecular weight is 406 g/mol. The maximum Gasteiger partial charge on any atom is 0.285 e. The number of aromatic nitrogens is 2. The third-order valence-corrected chi connectivity index (χ3v) is 6.26. The molecule has 10 heteroatoms. The molecule has 2 N–H and O–H groups in total. The van der Waals surface area contributed by atoms with Crippen molar-refractivity contribution in [2.45, 2.75) is 32.1 Å². The Kier molecular flexibility index (Phi) is 5.40. The van der Waals surface area contributed by atoms with Crippen molar-refractivity contribution in [3.05, 3.63) is 52.4 Å². The van der Waals surface area contributed by atoms with Crippen LogP contribution in [0.4, 0.5) is 0 Å². The van der Waals surface area contributed by atoms with Crippen molar-refractivity contribution in [3.8, 4) is 10.6 Å². The van der Waals surface area contributed by atoms with Crippen LogP contribution in [0.3, 0.4) is 0 Å². The Morgan fingerprint density at radius 2 is 1.93 bits per heavy atom. The minimum Gasteiger partial charge on any atom is -0.360 e. The third kappa shape index (κ3) is 4.07. The van der Waals surface area contributed by atoms with E-state index in [2.05, 4.69) is 22.5 Å². The molecule has 27 heavy (non-hydrogen) atoms. The highest BCUT2D eigenvalue weighted by molar-refractivity contribution is 7.89. The van der Waals surface area contributed by atoms with Crippen LogP contribution < -0.4 is 10.3 Å². The molecule has 0 spiro atoms. The Labute approximate surface area is 160 Å². The highest BCUT2D eigenvalue weighted by Crippen LogP contribution is 2.24. The molecule has 0 aliphatic heterocycles. The lowest BCUT2D eigenvalue weighted by Crippen LogP contribution is -2.42. The lowest BCUT2D eigenvalue weighted by atomic mass is 10.1. The molecule has 2 heterocycles. The van der Waals surface area contributed by atoms with E-state index in [1.807, 2.05) is 29.1 Å². The van der Waals surface area contributed by atoms with Crippen molar-refractivity contribution >= 4 is 27.3 Å². The molecule has 0 aliphatic rings. The van der Waals surface area contributed by atoms with Crippen molar-refractivity contribution in [1.82, 2.24) is 20.4 Å². The van der Waals surface area contributed by atoms with Gasteiger partial charge in [-0.05, 0) is 25.8 Å². The van der Waals surface area contributed by atoms with Gasteiger partial charge in [-0.25, -0.2) is 13.4 Å². The van der Waals surface area contributed by atoms with E-state index in [9.17, 15) is 13.2 Å². The van der Waals surface area contributed by atoms with E-state index in [0.717, 1.165) is 12.0 Å². The Morgan fingerprint density at radius 3 is 2.52 bits per heavy atom. The first kappa shape index (κ1) is 19.2. The van der Waals surface area contributed by atoms with Crippen LogP contribution in [0.15, 0.2) is 39.1 Å². The first-order valence-electron chi connectivity index (χ1n) is 8.11. The van der Waals surface area contributed by atoms with Gasteiger partial charge in [0.25, 0.3) is 15.9 Å². The molecule has 0 fully saturated rings. The number of benzene rings is 1. The summed E-state index contributed by atoms with van der Waals surface area (Å²) in [6, 6.07) is 7.90. The number of hydrogen-bond acceptors (Lipinski definition) is 7. The van der Waals surface area contributed by atoms with E-state index in [1.165, 1.54) is 30.7 Å². The lowest BCUT2D eigenvalue weighted by molar-refractivity contribution is 0.0941. The van der Waals surface area contributed by atoms with Gasteiger partial charge in [0, 0.05) is 10.9 Å². The number of hydrazine groups is 1. The normalized spacial score (nSPS) is 11.5. The van der Waals surface area contributed by atoms with Crippen LogP contribution in [-0.2, 0) is 16.4 Å². The molecular formula is C17H18N4O4S2. The van der Waals surface area contributed by atoms with E-state index in [-0.39, 0.29) is 22.0 Å². The molecule has 0 aliphatic carbocycles. The molecule has 0 atom stereocenters. The smallest absolute Gasteiger partial charge is 0.285 e. The van der Waals surface area contributed by atoms with Crippen LogP contribution in [0.25, 0.3) is 10.6 Å². The monoisotopic (exact) mass is 406 g/mol. The number of sulfonamides is 1. The van der Waals surface area contributed by atoms with Gasteiger partial charge < -0.3 is 4.52 Å². The molecular weight excluding hydrogens is 388 g/mol. The third-order valence-electron chi connectivity index (χ3n) is 3.88. The Balaban J connectivity index is 1.71. The molecule has 3 aromatic rings. The van der Waals surface area contributed by atoms with Gasteiger partial charge in [-0.1, -0.05) is 36.3 Å². The predicted molar refractivity (Wildman–Crippen MR) is 101 cm³/mol. The number of thiazole rings is 1. The van der Waals surface area contributed by atoms with Gasteiger partial charge >= 0.3 is 0 Å². The number of carbonyl (C=O) groups excluding carboxylic acids is 1. The van der Waals surface area contributed by atoms with Crippen molar-refractivity contribution in [3.63, 3.8) is 0 Å². The van der Waals surface area contributed by atoms with E-state index in [4.69, 9.17) is 4.52 Å². The van der Waals surface area contributed by atoms with E-state index >= 15 is 0 Å². The molecule has 0 unspecified atom stereocenters. The molecule has 142 valence electrons. The summed E-state index contributed by atoms with van der Waals surface area (Å²) in [5.74, 6) is -0.515. The largest absolute Gasteiger partial charge is 0.360 e. The van der Waals surface area contributed by atoms with E-state index < -0.39 is 15.9 Å². The molecule has 3 rings (SSSR count). The maximum absolute atomic E-state index is 12.3. The maximum atomic E-state index is 12.3. The number of carbonyl (C=O) groups is 1. The molecule has 0 radical (unpaired) electrons. The first-order valence-corrected chi connectivity index (χ1v) is 10.5. The predicted octanol–water partition coefficient (Wildman–Crippen LogP) is 2.60. The zero-order valence-electron chi connectivity index (χ0n) is 14.9. The van der Waals surface area contributed by atoms with Crippen molar-refractivity contribution in [2.75, 3.05) is 0 Å². The molecule has 0 saturated heterocycles. The lowest BCUT2D eigenvalue weighted by Gasteiger charge is -2.06. The van der Waals surface area contributed by atoms with E-state index in [1.54, 1.807) is 5.38 Å². The van der Waals surface area contributed by atoms with Crippen molar-refractivity contribution in [2.24, 2.45) is 0 Å². The van der Waals surface area contributed by atoms with Crippen LogP contribution in [0.2, 0.25) is 0 Å². The standard InChI is InChI=1S/C17H18N4O4S2/c1-4-12-5-7-13(8-6-12)17-18-14(9-26-17)16(22)19-21-27(23,24)15-10(2)20-25-11(15)3/h5-9,21H,4H2,1-3H3,(H,19,22). The van der Waals surface area contributed by atoms with Crippen molar-refractivity contribution < 1.29 is 17.7 Å². The molecule has 2 aromatic heterocycles. The number of hydrogen-bond donors (Lipinski definition) is 2. The van der Waals surface area contributed by atoms with Gasteiger partial charge in [0.2, 0.25) is 0 Å². The summed E-state index contributed by atoms with van der Waals surface area (Å²) in [6.45, 7) is 5.06. The van der Waals surface area contributed by atoms with Gasteiger partial charge in [0.05, 0.1) is 0 Å². The Hall–Kier alpha value is -2.56. The molecule has 8 nitrogen and oxygen atoms in total. The SMILES string of the molecule is CCc1ccc(-c2nc(C(=O)NNS(=O)(=O)c3c(C)noc3C)cs2)cc1. The average Bonchev–Trinajstić information content (AvgIpc) is 3.27. The summed E-state index contributed by atoms with van der Waals surface area (Å²) in [5.41, 5.74) is 4.60. The van der Waals surface area contributed by atoms with Crippen LogP contribution in [0, 0.1) is 13.8 Å². The molecule has 1 aromatic carbocycles. The summed E-state index contributed by atoms with van der Waals surface area (Å²) >= 11 is 1.31. The zero-order chi connectivity index (χ0) is 19.6. The first-order chi connectivity index (χ1) is 12.8. The number of rotatable bonds is 6. The van der Waals surface area contributed by atoms with Crippen molar-refractivity contribution in [1.29, 1.82) is 0 Å². The van der Waals surface area contributed by atoms with Gasteiger partial charge in [0.1, 0.15) is 21.3 Å². The Morgan fingerprint density at radius 1 is 1.22 bits per heavy atom. The number of aryl methyl sites for hydroxylation is 3. The van der Waals surface area contributed by atoms with Gasteiger partial charge in [0.15, 0.2) is 5.76 Å². The highest BCUT2D eigenvalue weighted by atomic mass is 32.2. The molecule has 1 amide bonds. The number of nitrogens with zero attached hydrogens (tertiary/aromatic N) is 2. The molecule has 0 saturated carbocycles. The minimum absolute atomic E-state index is 0.0993. The summed E-state index contributed by atoms with van der Waals surface area (Å²) in [5, 5.41) is 5.85. The fraction of sp³-hybridized carbons (Fsp3) is 0.235. The van der Waals surface area contributed by atoms with Crippen LogP contribution in [0.5, 0.6) is 0 Å². The zero-order valence-corrected chi connectivity index (χ0v) is 16.6. The van der Waals surface area contributed by atoms with Gasteiger partial charge in [-0.2, -0.15) is 0 Å². The van der Waals surface area contributed by atoms with Crippen LogP contribution >= 0.6 is 11.3 Å². The summed E-state index contributed by atoms with van der Waals surface area (Å²) in [7, 11) is -4.00. The summed E-state index contributed by atoms with van der Waals surface area (Å²) in [4.78, 5) is 18.5. The van der Waals surface area contributed by atoms with E-state index in [0.29, 0.717) is 5.01 Å². The summed E-state index contributed by atoms with van der Waals surface area (Å²) in [6.07, 6.45) is 0.942. The quantitative estimate of drug-likeness (QED) is 0.608. The second-order valence-electron chi connectivity index (χ2n) is 5.80. The minimum atomic E-state index is -4.00. The fourth-order valence-electron chi connectivity index (χ4n) is 2.48. The second-order valence-corrected chi connectivity index (χ2v) is 8.28. The van der Waals surface area contributed by atoms with Gasteiger partial charge in [-0.3, -0.25) is 10.2 Å². The highest BCUT2D eigenvalue weighted by Gasteiger charge is 2.25. The Bertz CT molecular complexity index is 1050. The van der Waals surface area contributed by atoms with Crippen LogP contribution in [0.1, 0.15) is 34.4 Å². The number of nitrogens with one attached hydrogen (secondary N) is 2. The topological polar surface area (TPSA) is 114 Å². The summed E-state index contributed by atoms with van der Waals surface area (Å²) < 4.78 is 29.5. The number of amides is 1. The second kappa shape index (κ2) is 7.59. The molecule has 0 bridgehead atoms. The van der Waals surface area contributed by atoms with Crippen LogP contribution in [-0.4, -0.2) is 24.5 Å². The van der Waals surface area contributed by atoms with Gasteiger partial charge in [-0.15, -0.1) is 16.2 Å².